The van der Waals surface area contributed by atoms with Crippen molar-refractivity contribution in [1.29, 1.82) is 0 Å². The summed E-state index contributed by atoms with van der Waals surface area (Å²) >= 11 is 1.40. The third-order valence-electron chi connectivity index (χ3n) is 5.78. The lowest BCUT2D eigenvalue weighted by Crippen LogP contribution is -2.29. The molecule has 1 heterocycles. The number of hydrogen-bond acceptors (Lipinski definition) is 6. The van der Waals surface area contributed by atoms with Gasteiger partial charge in [0.2, 0.25) is 0 Å². The molecule has 0 aliphatic rings. The predicted octanol–water partition coefficient (Wildman–Crippen LogP) is 6.29. The Labute approximate surface area is 220 Å². The van der Waals surface area contributed by atoms with E-state index in [4.69, 9.17) is 0 Å². The molecule has 1 amide bonds. The van der Waals surface area contributed by atoms with Crippen LogP contribution >= 0.6 is 11.8 Å². The number of nitrogens with zero attached hydrogens (tertiary/aromatic N) is 4. The van der Waals surface area contributed by atoms with Gasteiger partial charge in [-0.2, -0.15) is 13.2 Å². The van der Waals surface area contributed by atoms with Crippen LogP contribution in [0.2, 0.25) is 0 Å². The zero-order valence-corrected chi connectivity index (χ0v) is 21.1. The van der Waals surface area contributed by atoms with Crippen LogP contribution in [0.5, 0.6) is 0 Å². The first-order valence-corrected chi connectivity index (χ1v) is 12.4. The summed E-state index contributed by atoms with van der Waals surface area (Å²) in [4.78, 5) is 23.4. The number of benzene rings is 3. The minimum Gasteiger partial charge on any atom is -0.342 e. The second-order valence-electron chi connectivity index (χ2n) is 8.44. The first-order valence-electron chi connectivity index (χ1n) is 11.4. The normalized spacial score (nSPS) is 12.2. The largest absolute Gasteiger partial charge is 0.416 e. The maximum absolute atomic E-state index is 13.1. The topological polar surface area (TPSA) is 103 Å². The molecule has 196 valence electrons. The summed E-state index contributed by atoms with van der Waals surface area (Å²) in [5.41, 5.74) is 1.54. The van der Waals surface area contributed by atoms with E-state index < -0.39 is 28.6 Å². The second kappa shape index (κ2) is 11.1. The number of nitro groups is 1. The van der Waals surface area contributed by atoms with Gasteiger partial charge >= 0.3 is 6.18 Å². The van der Waals surface area contributed by atoms with Gasteiger partial charge in [-0.1, -0.05) is 42.1 Å². The summed E-state index contributed by atoms with van der Waals surface area (Å²) in [5.74, 6) is 0.172. The minimum absolute atomic E-state index is 0.0941. The Morgan fingerprint density at radius 2 is 1.79 bits per heavy atom. The number of alkyl halides is 3. The first kappa shape index (κ1) is 26.9. The molecule has 0 spiro atoms. The van der Waals surface area contributed by atoms with Crippen molar-refractivity contribution in [2.75, 3.05) is 0 Å². The van der Waals surface area contributed by atoms with Crippen LogP contribution in [0.25, 0.3) is 5.69 Å². The molecule has 0 aliphatic carbocycles. The molecule has 1 atom stereocenters. The Bertz CT molecular complexity index is 1470. The minimum atomic E-state index is -4.58. The molecule has 0 saturated carbocycles. The molecular formula is C26H22F3N5O3S. The number of non-ortho nitro benzene ring substituents is 1. The number of carbonyl (C=O) groups excluding carboxylic acids is 1. The molecule has 1 unspecified atom stereocenters. The molecule has 4 rings (SSSR count). The molecule has 0 fully saturated rings. The van der Waals surface area contributed by atoms with E-state index >= 15 is 0 Å². The number of rotatable bonds is 8. The lowest BCUT2D eigenvalue weighted by Gasteiger charge is -2.17. The van der Waals surface area contributed by atoms with Gasteiger partial charge in [-0.3, -0.25) is 19.5 Å². The Balaban J connectivity index is 1.65. The molecule has 0 bridgehead atoms. The predicted molar refractivity (Wildman–Crippen MR) is 136 cm³/mol. The monoisotopic (exact) mass is 541 g/mol. The van der Waals surface area contributed by atoms with E-state index in [0.717, 1.165) is 23.3 Å². The van der Waals surface area contributed by atoms with Crippen molar-refractivity contribution in [3.05, 3.63) is 111 Å². The number of carbonyl (C=O) groups is 1. The molecular weight excluding hydrogens is 519 g/mol. The smallest absolute Gasteiger partial charge is 0.342 e. The molecule has 8 nitrogen and oxygen atoms in total. The molecule has 1 aromatic heterocycles. The number of hydrogen-bond donors (Lipinski definition) is 1. The van der Waals surface area contributed by atoms with Gasteiger partial charge in [0, 0.05) is 29.1 Å². The number of thioether (sulfide) groups is 1. The summed E-state index contributed by atoms with van der Waals surface area (Å²) in [6, 6.07) is 17.0. The molecule has 12 heteroatoms. The Morgan fingerprint density at radius 3 is 2.45 bits per heavy atom. The number of nitro benzene ring substituents is 1. The van der Waals surface area contributed by atoms with Gasteiger partial charge in [0.1, 0.15) is 0 Å². The SMILES string of the molecule is Cc1ccccc1CSc1nnc(C(C)NC(=O)c2cccc(C(F)(F)F)c2)n1-c1ccc([N+](=O)[O-])cc1. The summed E-state index contributed by atoms with van der Waals surface area (Å²) in [6.45, 7) is 3.63. The molecule has 3 aromatic carbocycles. The fourth-order valence-corrected chi connectivity index (χ4v) is 4.75. The van der Waals surface area contributed by atoms with Crippen molar-refractivity contribution < 1.29 is 22.9 Å². The van der Waals surface area contributed by atoms with Crippen LogP contribution in [0.15, 0.2) is 78.0 Å². The van der Waals surface area contributed by atoms with Crippen LogP contribution in [0, 0.1) is 17.0 Å². The van der Waals surface area contributed by atoms with Crippen LogP contribution in [0.1, 0.15) is 45.8 Å². The van der Waals surface area contributed by atoms with Gasteiger partial charge in [0.15, 0.2) is 11.0 Å². The van der Waals surface area contributed by atoms with Crippen molar-refractivity contribution >= 4 is 23.4 Å². The van der Waals surface area contributed by atoms with Crippen LogP contribution in [-0.2, 0) is 11.9 Å². The van der Waals surface area contributed by atoms with Crippen molar-refractivity contribution in [3.63, 3.8) is 0 Å². The van der Waals surface area contributed by atoms with Crippen LogP contribution in [0.4, 0.5) is 18.9 Å². The maximum Gasteiger partial charge on any atom is 0.416 e. The Morgan fingerprint density at radius 1 is 1.08 bits per heavy atom. The van der Waals surface area contributed by atoms with Crippen molar-refractivity contribution in [3.8, 4) is 5.69 Å². The van der Waals surface area contributed by atoms with Gasteiger partial charge in [-0.05, 0) is 55.3 Å². The highest BCUT2D eigenvalue weighted by atomic mass is 32.2. The van der Waals surface area contributed by atoms with Gasteiger partial charge in [-0.15, -0.1) is 10.2 Å². The summed E-state index contributed by atoms with van der Waals surface area (Å²) in [7, 11) is 0. The van der Waals surface area contributed by atoms with E-state index in [-0.39, 0.29) is 11.3 Å². The maximum atomic E-state index is 13.1. The van der Waals surface area contributed by atoms with Crippen molar-refractivity contribution in [1.82, 2.24) is 20.1 Å². The molecule has 38 heavy (non-hydrogen) atoms. The highest BCUT2D eigenvalue weighted by Gasteiger charge is 2.31. The Kier molecular flexibility index (Phi) is 7.81. The van der Waals surface area contributed by atoms with E-state index in [0.29, 0.717) is 22.4 Å². The highest BCUT2D eigenvalue weighted by Crippen LogP contribution is 2.31. The highest BCUT2D eigenvalue weighted by molar-refractivity contribution is 7.98. The van der Waals surface area contributed by atoms with E-state index in [1.165, 1.54) is 36.0 Å². The third kappa shape index (κ3) is 6.02. The van der Waals surface area contributed by atoms with Gasteiger partial charge < -0.3 is 5.32 Å². The van der Waals surface area contributed by atoms with Gasteiger partial charge in [0.05, 0.1) is 16.5 Å². The van der Waals surface area contributed by atoms with Crippen LogP contribution in [-0.4, -0.2) is 25.6 Å². The number of aryl methyl sites for hydroxylation is 1. The van der Waals surface area contributed by atoms with Crippen LogP contribution < -0.4 is 5.32 Å². The summed E-state index contributed by atoms with van der Waals surface area (Å²) in [5, 5.41) is 22.8. The second-order valence-corrected chi connectivity index (χ2v) is 9.38. The number of nitrogens with one attached hydrogen (secondary N) is 1. The average Bonchev–Trinajstić information content (AvgIpc) is 3.32. The zero-order valence-electron chi connectivity index (χ0n) is 20.3. The van der Waals surface area contributed by atoms with E-state index in [1.54, 1.807) is 23.6 Å². The number of amides is 1. The fourth-order valence-electron chi connectivity index (χ4n) is 3.72. The average molecular weight is 542 g/mol. The molecule has 1 N–H and O–H groups in total. The quantitative estimate of drug-likeness (QED) is 0.160. The van der Waals surface area contributed by atoms with Crippen LogP contribution in [0.3, 0.4) is 0 Å². The standard InChI is InChI=1S/C26H22F3N5O3S/c1-16-6-3-4-7-19(16)15-38-25-32-31-23(33(25)21-10-12-22(13-11-21)34(36)37)17(2)30-24(35)18-8-5-9-20(14-18)26(27,28)29/h3-14,17H,15H2,1-2H3,(H,30,35). The molecule has 0 saturated heterocycles. The van der Waals surface area contributed by atoms with Crippen molar-refractivity contribution in [2.24, 2.45) is 0 Å². The van der Waals surface area contributed by atoms with Crippen molar-refractivity contribution in [2.45, 2.75) is 37.0 Å². The van der Waals surface area contributed by atoms with E-state index in [9.17, 15) is 28.1 Å². The molecule has 0 radical (unpaired) electrons. The van der Waals surface area contributed by atoms with E-state index in [1.807, 2.05) is 31.2 Å². The lowest BCUT2D eigenvalue weighted by atomic mass is 10.1. The first-order chi connectivity index (χ1) is 18.0. The summed E-state index contributed by atoms with van der Waals surface area (Å²) in [6.07, 6.45) is -4.58. The van der Waals surface area contributed by atoms with E-state index in [2.05, 4.69) is 15.5 Å². The van der Waals surface area contributed by atoms with Gasteiger partial charge in [0.25, 0.3) is 11.6 Å². The lowest BCUT2D eigenvalue weighted by molar-refractivity contribution is -0.384. The third-order valence-corrected chi connectivity index (χ3v) is 6.76. The molecule has 0 aliphatic heterocycles. The number of aromatic nitrogens is 3. The fraction of sp³-hybridized carbons (Fsp3) is 0.192. The molecule has 4 aromatic rings. The van der Waals surface area contributed by atoms with Gasteiger partial charge in [-0.25, -0.2) is 0 Å². The summed E-state index contributed by atoms with van der Waals surface area (Å²) < 4.78 is 41.0. The zero-order chi connectivity index (χ0) is 27.4. The Hall–Kier alpha value is -4.19. The number of halogens is 3.